The molecule has 0 bridgehead atoms. The largest absolute Gasteiger partial charge is 0.381 e. The number of nitrogens with one attached hydrogen (secondary N) is 2. The smallest absolute Gasteiger partial charge is 0.0658 e. The Bertz CT molecular complexity index is 157. The van der Waals surface area contributed by atoms with E-state index in [-0.39, 0.29) is 5.54 Å². The lowest BCUT2D eigenvalue weighted by Crippen LogP contribution is -2.36. The fourth-order valence-electron chi connectivity index (χ4n) is 0.453. The van der Waals surface area contributed by atoms with Gasteiger partial charge in [0.15, 0.2) is 0 Å². The molecule has 0 saturated heterocycles. The molecule has 0 spiro atoms. The molecule has 0 atom stereocenters. The van der Waals surface area contributed by atoms with E-state index < -0.39 is 0 Å². The number of allylic oxidation sites excluding steroid dienone is 1. The first-order valence-electron chi connectivity index (χ1n) is 3.97. The van der Waals surface area contributed by atoms with Gasteiger partial charge in [-0.2, -0.15) is 0 Å². The Kier molecular flexibility index (Phi) is 3.86. The molecule has 0 aliphatic heterocycles. The highest BCUT2D eigenvalue weighted by Crippen LogP contribution is 2.00. The molecular formula is C9H18N2. The average molecular weight is 154 g/mol. The third kappa shape index (κ3) is 4.59. The monoisotopic (exact) mass is 154 g/mol. The van der Waals surface area contributed by atoms with E-state index in [9.17, 15) is 0 Å². The summed E-state index contributed by atoms with van der Waals surface area (Å²) in [7, 11) is 0. The van der Waals surface area contributed by atoms with Crippen LogP contribution in [-0.2, 0) is 0 Å². The zero-order valence-electron chi connectivity index (χ0n) is 7.86. The molecule has 0 aromatic rings. The molecule has 2 nitrogen and oxygen atoms in total. The van der Waals surface area contributed by atoms with E-state index in [0.717, 1.165) is 6.42 Å². The second-order valence-electron chi connectivity index (χ2n) is 3.35. The molecule has 0 rings (SSSR count). The van der Waals surface area contributed by atoms with E-state index in [0.29, 0.717) is 0 Å². The van der Waals surface area contributed by atoms with Crippen molar-refractivity contribution in [3.05, 3.63) is 11.8 Å². The summed E-state index contributed by atoms with van der Waals surface area (Å²) in [5.41, 5.74) is 1.09. The molecule has 2 N–H and O–H groups in total. The summed E-state index contributed by atoms with van der Waals surface area (Å²) in [4.78, 5) is 0. The van der Waals surface area contributed by atoms with Gasteiger partial charge in [-0.15, -0.1) is 0 Å². The maximum absolute atomic E-state index is 7.09. The molecule has 0 aromatic heterocycles. The van der Waals surface area contributed by atoms with E-state index in [1.807, 2.05) is 20.0 Å². The van der Waals surface area contributed by atoms with Crippen LogP contribution in [0.5, 0.6) is 0 Å². The van der Waals surface area contributed by atoms with Gasteiger partial charge in [0, 0.05) is 6.21 Å². The van der Waals surface area contributed by atoms with Crippen molar-refractivity contribution in [2.45, 2.75) is 39.7 Å². The summed E-state index contributed by atoms with van der Waals surface area (Å²) in [5, 5.41) is 10.2. The van der Waals surface area contributed by atoms with Crippen LogP contribution in [0.4, 0.5) is 0 Å². The van der Waals surface area contributed by atoms with Crippen molar-refractivity contribution in [3.8, 4) is 0 Å². The van der Waals surface area contributed by atoms with Gasteiger partial charge in [0.1, 0.15) is 0 Å². The Morgan fingerprint density at radius 3 is 2.45 bits per heavy atom. The van der Waals surface area contributed by atoms with Crippen molar-refractivity contribution in [1.29, 1.82) is 5.41 Å². The maximum atomic E-state index is 7.09. The fourth-order valence-corrected chi connectivity index (χ4v) is 0.453. The summed E-state index contributed by atoms with van der Waals surface area (Å²) in [6.45, 7) is 8.14. The zero-order chi connectivity index (χ0) is 8.91. The summed E-state index contributed by atoms with van der Waals surface area (Å²) in [6, 6.07) is 0. The predicted octanol–water partition coefficient (Wildman–Crippen LogP) is 2.32. The molecule has 0 heterocycles. The van der Waals surface area contributed by atoms with Crippen LogP contribution in [0.25, 0.3) is 0 Å². The van der Waals surface area contributed by atoms with Crippen LogP contribution >= 0.6 is 0 Å². The highest BCUT2D eigenvalue weighted by atomic mass is 14.9. The third-order valence-corrected chi connectivity index (χ3v) is 1.61. The first kappa shape index (κ1) is 10.2. The Balaban J connectivity index is 3.96. The Morgan fingerprint density at radius 2 is 2.09 bits per heavy atom. The molecule has 2 heteroatoms. The molecule has 64 valence electrons. The van der Waals surface area contributed by atoms with Crippen molar-refractivity contribution >= 4 is 6.21 Å². The van der Waals surface area contributed by atoms with E-state index in [1.54, 1.807) is 0 Å². The number of rotatable bonds is 4. The van der Waals surface area contributed by atoms with E-state index in [4.69, 9.17) is 5.41 Å². The normalized spacial score (nSPS) is 12.9. The van der Waals surface area contributed by atoms with Gasteiger partial charge >= 0.3 is 0 Å². The molecule has 0 aliphatic carbocycles. The van der Waals surface area contributed by atoms with Gasteiger partial charge in [0.05, 0.1) is 5.54 Å². The van der Waals surface area contributed by atoms with Crippen molar-refractivity contribution < 1.29 is 0 Å². The zero-order valence-corrected chi connectivity index (χ0v) is 7.86. The van der Waals surface area contributed by atoms with E-state index in [2.05, 4.69) is 19.2 Å². The molecule has 0 radical (unpaired) electrons. The average Bonchev–Trinajstić information content (AvgIpc) is 2.00. The molecule has 0 aromatic carbocycles. The summed E-state index contributed by atoms with van der Waals surface area (Å²) in [6.07, 6.45) is 4.44. The van der Waals surface area contributed by atoms with Gasteiger partial charge in [-0.05, 0) is 33.4 Å². The van der Waals surface area contributed by atoms with E-state index in [1.165, 1.54) is 11.8 Å². The predicted molar refractivity (Wildman–Crippen MR) is 50.0 cm³/mol. The lowest BCUT2D eigenvalue weighted by molar-refractivity contribution is 0.596. The molecule has 0 saturated carbocycles. The third-order valence-electron chi connectivity index (χ3n) is 1.61. The van der Waals surface area contributed by atoms with Crippen LogP contribution in [0.2, 0.25) is 0 Å². The lowest BCUT2D eigenvalue weighted by atomic mass is 10.1. The molecule has 0 amide bonds. The Hall–Kier alpha value is -0.790. The second-order valence-corrected chi connectivity index (χ2v) is 3.35. The topological polar surface area (TPSA) is 35.9 Å². The second kappa shape index (κ2) is 4.16. The molecule has 0 fully saturated rings. The van der Waals surface area contributed by atoms with Crippen molar-refractivity contribution in [1.82, 2.24) is 5.32 Å². The van der Waals surface area contributed by atoms with Gasteiger partial charge in [0.2, 0.25) is 0 Å². The maximum Gasteiger partial charge on any atom is 0.0658 e. The van der Waals surface area contributed by atoms with Gasteiger partial charge < -0.3 is 10.7 Å². The van der Waals surface area contributed by atoms with Crippen LogP contribution in [0, 0.1) is 5.41 Å². The van der Waals surface area contributed by atoms with Gasteiger partial charge in [-0.1, -0.05) is 12.5 Å². The van der Waals surface area contributed by atoms with Crippen LogP contribution in [0.3, 0.4) is 0 Å². The van der Waals surface area contributed by atoms with E-state index >= 15 is 0 Å². The molecule has 11 heavy (non-hydrogen) atoms. The Morgan fingerprint density at radius 1 is 1.55 bits per heavy atom. The fraction of sp³-hybridized carbons (Fsp3) is 0.667. The first-order valence-corrected chi connectivity index (χ1v) is 3.97. The minimum absolute atomic E-state index is 0.212. The quantitative estimate of drug-likeness (QED) is 0.599. The summed E-state index contributed by atoms with van der Waals surface area (Å²) >= 11 is 0. The van der Waals surface area contributed by atoms with Crippen LogP contribution in [-0.4, -0.2) is 11.8 Å². The molecule has 0 unspecified atom stereocenters. The van der Waals surface area contributed by atoms with Crippen LogP contribution in [0.15, 0.2) is 11.8 Å². The first-order chi connectivity index (χ1) is 5.02. The van der Waals surface area contributed by atoms with Crippen molar-refractivity contribution in [3.63, 3.8) is 0 Å². The standard InChI is InChI=1S/C9H18N2/c1-5-8(2)6-11-9(3,4)7-10/h6-7,10-11H,5H2,1-4H3/b8-6-,10-7?. The Labute approximate surface area is 69.2 Å². The molecular weight excluding hydrogens is 136 g/mol. The lowest BCUT2D eigenvalue weighted by Gasteiger charge is -2.19. The van der Waals surface area contributed by atoms with Gasteiger partial charge in [0.25, 0.3) is 0 Å². The highest BCUT2D eigenvalue weighted by molar-refractivity contribution is 5.65. The van der Waals surface area contributed by atoms with Gasteiger partial charge in [-0.25, -0.2) is 0 Å². The van der Waals surface area contributed by atoms with Crippen LogP contribution < -0.4 is 5.32 Å². The van der Waals surface area contributed by atoms with Gasteiger partial charge in [-0.3, -0.25) is 0 Å². The number of hydrogen-bond acceptors (Lipinski definition) is 2. The minimum Gasteiger partial charge on any atom is -0.381 e. The summed E-state index contributed by atoms with van der Waals surface area (Å²) < 4.78 is 0. The van der Waals surface area contributed by atoms with Crippen molar-refractivity contribution in [2.75, 3.05) is 0 Å². The SMILES string of the molecule is CC/C(C)=C\NC(C)(C)C=N. The summed E-state index contributed by atoms with van der Waals surface area (Å²) in [5.74, 6) is 0. The molecule has 0 aliphatic rings. The number of hydrogen-bond donors (Lipinski definition) is 2. The minimum atomic E-state index is -0.212. The highest BCUT2D eigenvalue weighted by Gasteiger charge is 2.09. The van der Waals surface area contributed by atoms with Crippen molar-refractivity contribution in [2.24, 2.45) is 0 Å². The van der Waals surface area contributed by atoms with Crippen LogP contribution in [0.1, 0.15) is 34.1 Å².